The van der Waals surface area contributed by atoms with E-state index >= 15 is 0 Å². The smallest absolute Gasteiger partial charge is 0.00473 e. The Hall–Kier alpha value is -0.780. The van der Waals surface area contributed by atoms with E-state index in [2.05, 4.69) is 65.0 Å². The van der Waals surface area contributed by atoms with Crippen LogP contribution < -0.4 is 0 Å². The molecule has 0 bridgehead atoms. The summed E-state index contributed by atoms with van der Waals surface area (Å²) in [6.07, 6.45) is 7.91. The summed E-state index contributed by atoms with van der Waals surface area (Å²) >= 11 is 0. The van der Waals surface area contributed by atoms with Crippen molar-refractivity contribution in [3.63, 3.8) is 0 Å². The number of hydrogen-bond acceptors (Lipinski definition) is 0. The Morgan fingerprint density at radius 1 is 0.842 bits per heavy atom. The van der Waals surface area contributed by atoms with Gasteiger partial charge in [-0.15, -0.1) is 0 Å². The van der Waals surface area contributed by atoms with Crippen molar-refractivity contribution >= 4 is 0 Å². The average molecular weight is 260 g/mol. The van der Waals surface area contributed by atoms with Gasteiger partial charge in [0.1, 0.15) is 0 Å². The summed E-state index contributed by atoms with van der Waals surface area (Å²) in [6.45, 7) is 11.9. The Morgan fingerprint density at radius 3 is 1.95 bits per heavy atom. The summed E-state index contributed by atoms with van der Waals surface area (Å²) in [6, 6.07) is 11.1. The molecule has 0 radical (unpaired) electrons. The van der Waals surface area contributed by atoms with E-state index in [1.165, 1.54) is 44.1 Å². The molecule has 1 atom stereocenters. The van der Waals surface area contributed by atoms with Crippen molar-refractivity contribution < 1.29 is 0 Å². The lowest BCUT2D eigenvalue weighted by Crippen LogP contribution is -2.41. The maximum atomic E-state index is 2.46. The van der Waals surface area contributed by atoms with Crippen LogP contribution >= 0.6 is 0 Å². The van der Waals surface area contributed by atoms with E-state index < -0.39 is 0 Å². The molecule has 1 rings (SSSR count). The standard InChI is InChI=1S/C19H32/c1-6-9-16-19(8-3,15-7-2)18(4,5)17-13-11-10-12-14-17/h10-14H,6-9,15-16H2,1-5H3. The first-order chi connectivity index (χ1) is 9.04. The van der Waals surface area contributed by atoms with E-state index in [-0.39, 0.29) is 5.41 Å². The van der Waals surface area contributed by atoms with E-state index in [0.29, 0.717) is 5.41 Å². The van der Waals surface area contributed by atoms with Gasteiger partial charge in [-0.3, -0.25) is 0 Å². The van der Waals surface area contributed by atoms with Crippen molar-refractivity contribution in [1.29, 1.82) is 0 Å². The summed E-state index contributed by atoms with van der Waals surface area (Å²) in [5.41, 5.74) is 2.20. The van der Waals surface area contributed by atoms with Gasteiger partial charge in [-0.1, -0.05) is 84.2 Å². The molecule has 0 fully saturated rings. The third-order valence-corrected chi connectivity index (χ3v) is 5.24. The molecule has 19 heavy (non-hydrogen) atoms. The molecule has 1 aromatic rings. The van der Waals surface area contributed by atoms with Crippen LogP contribution in [0.2, 0.25) is 0 Å². The quantitative estimate of drug-likeness (QED) is 0.511. The first-order valence-electron chi connectivity index (χ1n) is 8.09. The van der Waals surface area contributed by atoms with Gasteiger partial charge in [0.25, 0.3) is 0 Å². The maximum Gasteiger partial charge on any atom is -0.00473 e. The van der Waals surface area contributed by atoms with Crippen LogP contribution in [0.15, 0.2) is 30.3 Å². The fourth-order valence-corrected chi connectivity index (χ4v) is 3.70. The van der Waals surface area contributed by atoms with Crippen LogP contribution in [-0.4, -0.2) is 0 Å². The fraction of sp³-hybridized carbons (Fsp3) is 0.684. The van der Waals surface area contributed by atoms with Gasteiger partial charge in [0, 0.05) is 0 Å². The highest BCUT2D eigenvalue weighted by Crippen LogP contribution is 2.50. The Labute approximate surface area is 120 Å². The normalized spacial score (nSPS) is 15.2. The van der Waals surface area contributed by atoms with Crippen LogP contribution in [0.5, 0.6) is 0 Å². The molecule has 0 saturated carbocycles. The minimum atomic E-state index is 0.258. The topological polar surface area (TPSA) is 0 Å². The predicted octanol–water partition coefficient (Wildman–Crippen LogP) is 6.35. The van der Waals surface area contributed by atoms with E-state index in [9.17, 15) is 0 Å². The summed E-state index contributed by atoms with van der Waals surface area (Å²) in [4.78, 5) is 0. The van der Waals surface area contributed by atoms with Crippen molar-refractivity contribution in [3.05, 3.63) is 35.9 Å². The molecular weight excluding hydrogens is 228 g/mol. The molecule has 0 nitrogen and oxygen atoms in total. The number of hydrogen-bond donors (Lipinski definition) is 0. The zero-order chi connectivity index (χ0) is 14.4. The minimum Gasteiger partial charge on any atom is -0.0654 e. The zero-order valence-electron chi connectivity index (χ0n) is 13.6. The van der Waals surface area contributed by atoms with Crippen molar-refractivity contribution in [1.82, 2.24) is 0 Å². The van der Waals surface area contributed by atoms with Crippen LogP contribution in [0.25, 0.3) is 0 Å². The van der Waals surface area contributed by atoms with Gasteiger partial charge in [0.15, 0.2) is 0 Å². The highest BCUT2D eigenvalue weighted by atomic mass is 14.5. The summed E-state index contributed by atoms with van der Waals surface area (Å²) < 4.78 is 0. The lowest BCUT2D eigenvalue weighted by Gasteiger charge is -2.48. The van der Waals surface area contributed by atoms with Gasteiger partial charge >= 0.3 is 0 Å². The third-order valence-electron chi connectivity index (χ3n) is 5.24. The minimum absolute atomic E-state index is 0.258. The Kier molecular flexibility index (Phi) is 6.10. The molecule has 0 aliphatic carbocycles. The first-order valence-corrected chi connectivity index (χ1v) is 8.09. The Balaban J connectivity index is 3.13. The van der Waals surface area contributed by atoms with Gasteiger partial charge < -0.3 is 0 Å². The lowest BCUT2D eigenvalue weighted by atomic mass is 9.57. The Bertz CT molecular complexity index is 350. The van der Waals surface area contributed by atoms with Crippen LogP contribution in [0.4, 0.5) is 0 Å². The first kappa shape index (κ1) is 16.3. The second kappa shape index (κ2) is 7.12. The molecular formula is C19H32. The van der Waals surface area contributed by atoms with E-state index in [1.807, 2.05) is 0 Å². The van der Waals surface area contributed by atoms with Crippen LogP contribution in [-0.2, 0) is 5.41 Å². The van der Waals surface area contributed by atoms with Gasteiger partial charge in [0.2, 0.25) is 0 Å². The summed E-state index contributed by atoms with van der Waals surface area (Å²) in [5, 5.41) is 0. The van der Waals surface area contributed by atoms with Crippen molar-refractivity contribution in [2.45, 2.75) is 78.6 Å². The van der Waals surface area contributed by atoms with E-state index in [0.717, 1.165) is 0 Å². The van der Waals surface area contributed by atoms with Crippen LogP contribution in [0, 0.1) is 5.41 Å². The number of benzene rings is 1. The molecule has 0 N–H and O–H groups in total. The largest absolute Gasteiger partial charge is 0.0654 e. The third kappa shape index (κ3) is 3.41. The predicted molar refractivity (Wildman–Crippen MR) is 86.6 cm³/mol. The molecule has 0 heteroatoms. The van der Waals surface area contributed by atoms with Gasteiger partial charge in [0.05, 0.1) is 0 Å². The SMILES string of the molecule is CCCCC(CC)(CCC)C(C)(C)c1ccccc1. The average Bonchev–Trinajstić information content (AvgIpc) is 2.44. The molecule has 0 spiro atoms. The van der Waals surface area contributed by atoms with Gasteiger partial charge in [-0.25, -0.2) is 0 Å². The van der Waals surface area contributed by atoms with Crippen molar-refractivity contribution in [2.75, 3.05) is 0 Å². The molecule has 108 valence electrons. The maximum absolute atomic E-state index is 2.46. The molecule has 1 aromatic carbocycles. The summed E-state index contributed by atoms with van der Waals surface area (Å²) in [5.74, 6) is 0. The lowest BCUT2D eigenvalue weighted by molar-refractivity contribution is 0.103. The molecule has 1 unspecified atom stereocenters. The highest BCUT2D eigenvalue weighted by molar-refractivity contribution is 5.27. The zero-order valence-corrected chi connectivity index (χ0v) is 13.6. The number of rotatable bonds is 8. The molecule has 0 heterocycles. The van der Waals surface area contributed by atoms with Crippen molar-refractivity contribution in [3.8, 4) is 0 Å². The van der Waals surface area contributed by atoms with Crippen molar-refractivity contribution in [2.24, 2.45) is 5.41 Å². The van der Waals surface area contributed by atoms with E-state index in [4.69, 9.17) is 0 Å². The van der Waals surface area contributed by atoms with Crippen LogP contribution in [0.3, 0.4) is 0 Å². The number of unbranched alkanes of at least 4 members (excludes halogenated alkanes) is 1. The second-order valence-corrected chi connectivity index (χ2v) is 6.48. The van der Waals surface area contributed by atoms with Gasteiger partial charge in [-0.2, -0.15) is 0 Å². The van der Waals surface area contributed by atoms with Crippen LogP contribution in [0.1, 0.15) is 78.7 Å². The fourth-order valence-electron chi connectivity index (χ4n) is 3.70. The molecule has 0 saturated heterocycles. The second-order valence-electron chi connectivity index (χ2n) is 6.48. The summed E-state index contributed by atoms with van der Waals surface area (Å²) in [7, 11) is 0. The molecule has 0 aliphatic heterocycles. The molecule has 0 aromatic heterocycles. The molecule has 0 amide bonds. The van der Waals surface area contributed by atoms with Gasteiger partial charge in [-0.05, 0) is 35.7 Å². The van der Waals surface area contributed by atoms with E-state index in [1.54, 1.807) is 0 Å². The molecule has 0 aliphatic rings. The Morgan fingerprint density at radius 2 is 1.47 bits per heavy atom. The monoisotopic (exact) mass is 260 g/mol. The highest BCUT2D eigenvalue weighted by Gasteiger charge is 2.42.